The van der Waals surface area contributed by atoms with Crippen LogP contribution < -0.4 is 5.32 Å². The summed E-state index contributed by atoms with van der Waals surface area (Å²) in [6.07, 6.45) is -33.8. The number of hydrogen-bond donors (Lipinski definition) is 14. The topological polar surface area (TPSA) is 357 Å². The summed E-state index contributed by atoms with van der Waals surface area (Å²) in [4.78, 5) is 12.3. The molecule has 4 fully saturated rings. The lowest BCUT2D eigenvalue weighted by Gasteiger charge is -2.50. The minimum absolute atomic E-state index is 0.765. The zero-order chi connectivity index (χ0) is 35.6. The van der Waals surface area contributed by atoms with E-state index in [-0.39, 0.29) is 0 Å². The summed E-state index contributed by atoms with van der Waals surface area (Å²) < 4.78 is 38.7. The molecule has 48 heavy (non-hydrogen) atoms. The summed E-state index contributed by atoms with van der Waals surface area (Å²) in [5, 5.41) is 136. The molecule has 0 aromatic carbocycles. The van der Waals surface area contributed by atoms with Crippen molar-refractivity contribution in [3.8, 4) is 0 Å². The van der Waals surface area contributed by atoms with Crippen LogP contribution in [0.5, 0.6) is 0 Å². The van der Waals surface area contributed by atoms with Crippen molar-refractivity contribution < 1.29 is 104 Å². The first-order valence-electron chi connectivity index (χ1n) is 15.1. The molecular weight excluding hydrogens is 662 g/mol. The van der Waals surface area contributed by atoms with Crippen molar-refractivity contribution in [2.75, 3.05) is 26.4 Å². The molecule has 0 radical (unpaired) electrons. The first-order chi connectivity index (χ1) is 22.7. The summed E-state index contributed by atoms with van der Waals surface area (Å²) in [7, 11) is 0. The summed E-state index contributed by atoms with van der Waals surface area (Å²) in [6, 6.07) is -1.61. The molecule has 14 N–H and O–H groups in total. The fourth-order valence-electron chi connectivity index (χ4n) is 5.94. The van der Waals surface area contributed by atoms with Gasteiger partial charge in [0.25, 0.3) is 0 Å². The minimum atomic E-state index is -2.04. The van der Waals surface area contributed by atoms with Crippen molar-refractivity contribution in [1.29, 1.82) is 0 Å². The van der Waals surface area contributed by atoms with Crippen LogP contribution in [0.3, 0.4) is 0 Å². The van der Waals surface area contributed by atoms with Crippen molar-refractivity contribution in [1.82, 2.24) is 5.32 Å². The summed E-state index contributed by atoms with van der Waals surface area (Å²) in [5.74, 6) is -0.765. The first kappa shape index (κ1) is 39.5. The Morgan fingerprint density at radius 1 is 0.500 bits per heavy atom. The van der Waals surface area contributed by atoms with Crippen LogP contribution in [0, 0.1) is 0 Å². The van der Waals surface area contributed by atoms with E-state index in [2.05, 4.69) is 5.32 Å². The maximum Gasteiger partial charge on any atom is 0.217 e. The van der Waals surface area contributed by atoms with Gasteiger partial charge in [0.1, 0.15) is 97.6 Å². The molecule has 0 aromatic heterocycles. The van der Waals surface area contributed by atoms with E-state index in [9.17, 15) is 71.2 Å². The van der Waals surface area contributed by atoms with E-state index >= 15 is 0 Å². The molecule has 4 heterocycles. The zero-order valence-electron chi connectivity index (χ0n) is 25.5. The van der Waals surface area contributed by atoms with E-state index in [1.54, 1.807) is 0 Å². The molecule has 0 aliphatic carbocycles. The van der Waals surface area contributed by atoms with Crippen LogP contribution in [-0.4, -0.2) is 221 Å². The van der Waals surface area contributed by atoms with Crippen molar-refractivity contribution in [3.05, 3.63) is 0 Å². The maximum absolute atomic E-state index is 12.3. The van der Waals surface area contributed by atoms with E-state index < -0.39 is 155 Å². The van der Waals surface area contributed by atoms with Crippen LogP contribution in [0.2, 0.25) is 0 Å². The highest BCUT2D eigenvalue weighted by Gasteiger charge is 2.55. The van der Waals surface area contributed by atoms with Crippen LogP contribution in [0.15, 0.2) is 0 Å². The molecule has 20 atom stereocenters. The maximum atomic E-state index is 12.3. The highest BCUT2D eigenvalue weighted by Crippen LogP contribution is 2.34. The lowest BCUT2D eigenvalue weighted by Crippen LogP contribution is -2.70. The van der Waals surface area contributed by atoms with Gasteiger partial charge in [0.2, 0.25) is 5.91 Å². The molecule has 280 valence electrons. The molecule has 1 amide bonds. The van der Waals surface area contributed by atoms with Crippen molar-refractivity contribution in [3.63, 3.8) is 0 Å². The lowest BCUT2D eigenvalue weighted by atomic mass is 9.94. The molecule has 0 aromatic rings. The Morgan fingerprint density at radius 2 is 0.958 bits per heavy atom. The van der Waals surface area contributed by atoms with Crippen molar-refractivity contribution >= 4 is 5.91 Å². The number of nitrogens with one attached hydrogen (secondary N) is 1. The summed E-state index contributed by atoms with van der Waals surface area (Å²) in [5.41, 5.74) is 0. The van der Waals surface area contributed by atoms with Gasteiger partial charge in [-0.3, -0.25) is 4.79 Å². The summed E-state index contributed by atoms with van der Waals surface area (Å²) in [6.45, 7) is -2.41. The third-order valence-corrected chi connectivity index (χ3v) is 8.61. The third-order valence-electron chi connectivity index (χ3n) is 8.61. The van der Waals surface area contributed by atoms with E-state index in [4.69, 9.17) is 33.2 Å². The molecule has 0 spiro atoms. The number of rotatable bonds is 11. The number of amides is 1. The average Bonchev–Trinajstić information content (AvgIpc) is 3.06. The van der Waals surface area contributed by atoms with Gasteiger partial charge in [-0.1, -0.05) is 0 Å². The van der Waals surface area contributed by atoms with Crippen LogP contribution in [0.25, 0.3) is 0 Å². The van der Waals surface area contributed by atoms with E-state index in [1.165, 1.54) is 0 Å². The van der Waals surface area contributed by atoms with Gasteiger partial charge in [0.05, 0.1) is 26.4 Å². The SMILES string of the molecule is CC(=O)N[C@@H]1[C@H](O[C@H]2[C@H](O)[C@H](O[C@H]3[C@H](O)[C@@H](O)C(O)O[C@@H]3CO)O[C@@H](CO)[C@H]2O)O[C@H](CO)[C@@H](O)[C@@H]1O[C@H]1O[C@@H](CO)[C@@H](O)[C@@H](O)[C@@H]1O. The number of hydrogen-bond acceptors (Lipinski definition) is 21. The number of ether oxygens (including phenoxy) is 7. The molecule has 4 aliphatic rings. The first-order valence-corrected chi connectivity index (χ1v) is 15.1. The van der Waals surface area contributed by atoms with Crippen molar-refractivity contribution in [2.45, 2.75) is 130 Å². The van der Waals surface area contributed by atoms with Crippen LogP contribution in [-0.2, 0) is 38.0 Å². The molecule has 4 saturated heterocycles. The van der Waals surface area contributed by atoms with Crippen LogP contribution in [0.4, 0.5) is 0 Å². The monoisotopic (exact) mass is 707 g/mol. The van der Waals surface area contributed by atoms with Gasteiger partial charge in [0, 0.05) is 6.92 Å². The number of carbonyl (C=O) groups excluding carboxylic acids is 1. The molecule has 1 unspecified atom stereocenters. The average molecular weight is 708 g/mol. The fourth-order valence-corrected chi connectivity index (χ4v) is 5.94. The predicted molar refractivity (Wildman–Crippen MR) is 145 cm³/mol. The van der Waals surface area contributed by atoms with Crippen molar-refractivity contribution in [2.24, 2.45) is 0 Å². The van der Waals surface area contributed by atoms with Crippen LogP contribution >= 0.6 is 0 Å². The van der Waals surface area contributed by atoms with E-state index in [0.717, 1.165) is 6.92 Å². The Morgan fingerprint density at radius 3 is 1.50 bits per heavy atom. The zero-order valence-corrected chi connectivity index (χ0v) is 25.5. The lowest BCUT2D eigenvalue weighted by molar-refractivity contribution is -0.379. The summed E-state index contributed by atoms with van der Waals surface area (Å²) >= 11 is 0. The van der Waals surface area contributed by atoms with E-state index in [1.807, 2.05) is 0 Å². The highest BCUT2D eigenvalue weighted by atomic mass is 16.8. The van der Waals surface area contributed by atoms with Crippen LogP contribution in [0.1, 0.15) is 6.92 Å². The predicted octanol–water partition coefficient (Wildman–Crippen LogP) is -9.61. The number of aliphatic hydroxyl groups excluding tert-OH is 13. The Hall–Kier alpha value is -1.33. The normalized spacial score (nSPS) is 50.2. The second kappa shape index (κ2) is 16.8. The molecule has 22 nitrogen and oxygen atoms in total. The molecule has 22 heteroatoms. The second-order valence-corrected chi connectivity index (χ2v) is 11.9. The van der Waals surface area contributed by atoms with Gasteiger partial charge >= 0.3 is 0 Å². The Balaban J connectivity index is 1.61. The second-order valence-electron chi connectivity index (χ2n) is 11.9. The standard InChI is InChI=1S/C26H45NO21/c1-6(32)27-11-21(47-25-18(39)15(36)12(33)7(2-28)44-25)13(34)8(3-29)43-24(11)48-22-14(35)9(4-30)45-26(19(22)40)46-20-10(5-31)42-23(41)17(38)16(20)37/h7-26,28-31,33-41H,2-5H2,1H3,(H,27,32)/t7-,8+,9-,10+,11-,12+,13+,14+,15+,16+,17+,18-,19-,20+,21+,22+,23?,24-,25+,26-/m0/s1. The molecule has 4 rings (SSSR count). The Bertz CT molecular complexity index is 1030. The van der Waals surface area contributed by atoms with Gasteiger partial charge in [-0.05, 0) is 0 Å². The molecule has 0 bridgehead atoms. The largest absolute Gasteiger partial charge is 0.394 e. The van der Waals surface area contributed by atoms with E-state index in [0.29, 0.717) is 0 Å². The fraction of sp³-hybridized carbons (Fsp3) is 0.962. The quantitative estimate of drug-likeness (QED) is 0.0947. The highest BCUT2D eigenvalue weighted by molar-refractivity contribution is 5.73. The number of aliphatic hydroxyl groups is 13. The Labute approximate surface area is 272 Å². The molecule has 0 saturated carbocycles. The minimum Gasteiger partial charge on any atom is -0.394 e. The third kappa shape index (κ3) is 8.08. The van der Waals surface area contributed by atoms with Gasteiger partial charge < -0.3 is 105 Å². The molecular formula is C26H45NO21. The molecule has 4 aliphatic heterocycles. The van der Waals surface area contributed by atoms with Gasteiger partial charge in [-0.15, -0.1) is 0 Å². The van der Waals surface area contributed by atoms with Gasteiger partial charge in [-0.2, -0.15) is 0 Å². The smallest absolute Gasteiger partial charge is 0.217 e. The van der Waals surface area contributed by atoms with Gasteiger partial charge in [0.15, 0.2) is 25.2 Å². The Kier molecular flexibility index (Phi) is 13.8. The number of carbonyl (C=O) groups is 1. The van der Waals surface area contributed by atoms with Gasteiger partial charge in [-0.25, -0.2) is 0 Å².